The summed E-state index contributed by atoms with van der Waals surface area (Å²) in [5.41, 5.74) is 2.72. The van der Waals surface area contributed by atoms with E-state index in [1.54, 1.807) is 19.0 Å². The molecule has 1 unspecified atom stereocenters. The molecule has 1 N–H and O–H groups in total. The Morgan fingerprint density at radius 3 is 2.70 bits per heavy atom. The van der Waals surface area contributed by atoms with E-state index in [1.807, 2.05) is 6.07 Å². The van der Waals surface area contributed by atoms with Gasteiger partial charge in [-0.05, 0) is 54.2 Å². The van der Waals surface area contributed by atoms with Crippen LogP contribution in [-0.4, -0.2) is 54.5 Å². The molecule has 1 fully saturated rings. The number of carbonyl (C=O) groups excluding carboxylic acids is 1. The third-order valence-corrected chi connectivity index (χ3v) is 6.44. The number of rotatable bonds is 5. The smallest absolute Gasteiger partial charge is 0.226 e. The first-order valence-corrected chi connectivity index (χ1v) is 10.5. The van der Waals surface area contributed by atoms with Crippen LogP contribution in [0.5, 0.6) is 5.75 Å². The lowest BCUT2D eigenvalue weighted by atomic mass is 9.83. The monoisotopic (exact) mass is 412 g/mol. The van der Waals surface area contributed by atoms with Gasteiger partial charge in [-0.15, -0.1) is 0 Å². The summed E-state index contributed by atoms with van der Waals surface area (Å²) >= 11 is 0. The van der Waals surface area contributed by atoms with Crippen molar-refractivity contribution in [2.24, 2.45) is 5.92 Å². The molecule has 1 spiro atoms. The molecule has 1 saturated heterocycles. The number of ether oxygens (including phenoxy) is 1. The molecule has 0 aromatic heterocycles. The maximum absolute atomic E-state index is 14.2. The normalized spacial score (nSPS) is 18.9. The summed E-state index contributed by atoms with van der Waals surface area (Å²) in [5.74, 6) is -0.778. The minimum Gasteiger partial charge on any atom is -0.508 e. The Morgan fingerprint density at radius 1 is 1.23 bits per heavy atom. The van der Waals surface area contributed by atoms with E-state index in [0.717, 1.165) is 25.9 Å². The van der Waals surface area contributed by atoms with Crippen LogP contribution in [0.25, 0.3) is 0 Å². The number of aromatic hydroxyl groups is 1. The number of phenolic OH excluding ortho intramolecular Hbond substituents is 1. The molecule has 0 saturated carbocycles. The largest absolute Gasteiger partial charge is 0.508 e. The summed E-state index contributed by atoms with van der Waals surface area (Å²) in [6, 6.07) is 12.4. The number of amides is 1. The van der Waals surface area contributed by atoms with E-state index in [2.05, 4.69) is 23.1 Å². The molecule has 1 amide bonds. The van der Waals surface area contributed by atoms with Crippen LogP contribution in [0.15, 0.2) is 42.5 Å². The van der Waals surface area contributed by atoms with Crippen LogP contribution in [-0.2, 0) is 28.2 Å². The average Bonchev–Trinajstić information content (AvgIpc) is 3.09. The van der Waals surface area contributed by atoms with Gasteiger partial charge in [-0.25, -0.2) is 4.39 Å². The van der Waals surface area contributed by atoms with Gasteiger partial charge in [0.15, 0.2) is 0 Å². The Bertz CT molecular complexity index is 922. The molecule has 160 valence electrons. The number of likely N-dealkylation sites (tertiary alicyclic amines) is 1. The van der Waals surface area contributed by atoms with Crippen molar-refractivity contribution in [1.29, 1.82) is 0 Å². The highest BCUT2D eigenvalue weighted by atomic mass is 19.1. The molecule has 2 aliphatic heterocycles. The van der Waals surface area contributed by atoms with Gasteiger partial charge in [0.2, 0.25) is 5.91 Å². The van der Waals surface area contributed by atoms with Crippen LogP contribution in [0.2, 0.25) is 0 Å². The summed E-state index contributed by atoms with van der Waals surface area (Å²) in [6.07, 6.45) is 2.03. The van der Waals surface area contributed by atoms with Crippen LogP contribution < -0.4 is 0 Å². The summed E-state index contributed by atoms with van der Waals surface area (Å²) < 4.78 is 20.5. The van der Waals surface area contributed by atoms with E-state index in [-0.39, 0.29) is 29.6 Å². The maximum Gasteiger partial charge on any atom is 0.226 e. The highest BCUT2D eigenvalue weighted by Gasteiger charge is 2.42. The quantitative estimate of drug-likeness (QED) is 0.819. The van der Waals surface area contributed by atoms with Crippen LogP contribution in [0.1, 0.15) is 29.5 Å². The fourth-order valence-corrected chi connectivity index (χ4v) is 4.78. The zero-order chi connectivity index (χ0) is 21.3. The number of hydrogen-bond donors (Lipinski definition) is 1. The first-order valence-electron chi connectivity index (χ1n) is 10.5. The van der Waals surface area contributed by atoms with Crippen LogP contribution in [0, 0.1) is 11.7 Å². The van der Waals surface area contributed by atoms with Gasteiger partial charge < -0.3 is 19.6 Å². The number of nitrogens with zero attached hydrogens (tertiary/aromatic N) is 2. The summed E-state index contributed by atoms with van der Waals surface area (Å²) in [5, 5.41) is 9.73. The molecule has 4 rings (SSSR count). The van der Waals surface area contributed by atoms with E-state index in [9.17, 15) is 14.3 Å². The predicted molar refractivity (Wildman–Crippen MR) is 113 cm³/mol. The Labute approximate surface area is 177 Å². The van der Waals surface area contributed by atoms with Crippen molar-refractivity contribution in [1.82, 2.24) is 9.80 Å². The summed E-state index contributed by atoms with van der Waals surface area (Å²) in [6.45, 7) is 2.88. The molecule has 0 bridgehead atoms. The van der Waals surface area contributed by atoms with Crippen molar-refractivity contribution >= 4 is 5.91 Å². The van der Waals surface area contributed by atoms with Gasteiger partial charge in [0.25, 0.3) is 0 Å². The van der Waals surface area contributed by atoms with Gasteiger partial charge >= 0.3 is 0 Å². The lowest BCUT2D eigenvalue weighted by Gasteiger charge is -2.40. The standard InChI is InChI=1S/C24H29FN2O3/c1-26(2)23(29)19(13-18-14-20(28)7-8-22(18)25)15-27-11-9-24(10-12-27)21-6-4-3-5-17(21)16-30-24/h3-8,14,19,28H,9-13,15-16H2,1-2H3. The molecule has 30 heavy (non-hydrogen) atoms. The highest BCUT2D eigenvalue weighted by Crippen LogP contribution is 2.44. The minimum absolute atomic E-state index is 0.0133. The van der Waals surface area contributed by atoms with Crippen molar-refractivity contribution in [2.75, 3.05) is 33.7 Å². The van der Waals surface area contributed by atoms with E-state index in [4.69, 9.17) is 4.74 Å². The van der Waals surface area contributed by atoms with E-state index >= 15 is 0 Å². The number of piperidine rings is 1. The number of phenols is 1. The molecule has 2 aromatic rings. The second kappa shape index (κ2) is 8.36. The lowest BCUT2D eigenvalue weighted by molar-refractivity contribution is -0.134. The van der Waals surface area contributed by atoms with Crippen molar-refractivity contribution in [3.05, 3.63) is 65.0 Å². The number of fused-ring (bicyclic) bond motifs is 2. The summed E-state index contributed by atoms with van der Waals surface area (Å²) in [7, 11) is 3.45. The van der Waals surface area contributed by atoms with Gasteiger partial charge in [0.05, 0.1) is 18.1 Å². The Hall–Kier alpha value is -2.44. The van der Waals surface area contributed by atoms with Gasteiger partial charge in [0, 0.05) is 33.7 Å². The molecule has 2 aromatic carbocycles. The molecular formula is C24H29FN2O3. The second-order valence-electron chi connectivity index (χ2n) is 8.65. The molecule has 2 aliphatic rings. The molecule has 0 radical (unpaired) electrons. The Morgan fingerprint density at radius 2 is 1.97 bits per heavy atom. The fourth-order valence-electron chi connectivity index (χ4n) is 4.78. The Balaban J connectivity index is 1.45. The second-order valence-corrected chi connectivity index (χ2v) is 8.65. The fraction of sp³-hybridized carbons (Fsp3) is 0.458. The predicted octanol–water partition coefficient (Wildman–Crippen LogP) is 3.30. The topological polar surface area (TPSA) is 53.0 Å². The van der Waals surface area contributed by atoms with Crippen LogP contribution in [0.4, 0.5) is 4.39 Å². The van der Waals surface area contributed by atoms with Gasteiger partial charge in [0.1, 0.15) is 11.6 Å². The van der Waals surface area contributed by atoms with Crippen molar-refractivity contribution < 1.29 is 19.0 Å². The average molecular weight is 413 g/mol. The van der Waals surface area contributed by atoms with Crippen molar-refractivity contribution in [2.45, 2.75) is 31.5 Å². The zero-order valence-electron chi connectivity index (χ0n) is 17.6. The molecule has 2 heterocycles. The molecule has 1 atom stereocenters. The third-order valence-electron chi connectivity index (χ3n) is 6.44. The third kappa shape index (κ3) is 4.07. The highest BCUT2D eigenvalue weighted by molar-refractivity contribution is 5.78. The lowest BCUT2D eigenvalue weighted by Crippen LogP contribution is -2.46. The van der Waals surface area contributed by atoms with Crippen LogP contribution >= 0.6 is 0 Å². The van der Waals surface area contributed by atoms with E-state index in [1.165, 1.54) is 29.3 Å². The Kier molecular flexibility index (Phi) is 5.80. The van der Waals surface area contributed by atoms with Crippen molar-refractivity contribution in [3.8, 4) is 5.75 Å². The zero-order valence-corrected chi connectivity index (χ0v) is 17.6. The first kappa shape index (κ1) is 20.8. The number of halogens is 1. The number of carbonyl (C=O) groups is 1. The van der Waals surface area contributed by atoms with Gasteiger partial charge in [-0.1, -0.05) is 24.3 Å². The molecule has 0 aliphatic carbocycles. The first-order chi connectivity index (χ1) is 14.4. The van der Waals surface area contributed by atoms with Gasteiger partial charge in [-0.3, -0.25) is 4.79 Å². The number of benzene rings is 2. The molecule has 5 nitrogen and oxygen atoms in total. The van der Waals surface area contributed by atoms with Crippen LogP contribution in [0.3, 0.4) is 0 Å². The maximum atomic E-state index is 14.2. The number of hydrogen-bond acceptors (Lipinski definition) is 4. The van der Waals surface area contributed by atoms with E-state index < -0.39 is 5.82 Å². The molecular weight excluding hydrogens is 383 g/mol. The minimum atomic E-state index is -0.391. The van der Waals surface area contributed by atoms with E-state index in [0.29, 0.717) is 18.7 Å². The molecule has 6 heteroatoms. The van der Waals surface area contributed by atoms with Crippen molar-refractivity contribution in [3.63, 3.8) is 0 Å². The summed E-state index contributed by atoms with van der Waals surface area (Å²) in [4.78, 5) is 16.7. The SMILES string of the molecule is CN(C)C(=O)C(Cc1cc(O)ccc1F)CN1CCC2(CC1)OCc1ccccc12. The van der Waals surface area contributed by atoms with Gasteiger partial charge in [-0.2, -0.15) is 0 Å².